The molecule has 1 aromatic heterocycles. The number of nitrogens with zero attached hydrogens (tertiary/aromatic N) is 2. The Kier molecular flexibility index (Phi) is 3.60. The molecule has 0 amide bonds. The molecule has 2 rings (SSSR count). The number of nitrogens with one attached hydrogen (secondary N) is 1. The molecule has 0 aliphatic carbocycles. The minimum absolute atomic E-state index is 0.0519. The molecule has 1 N–H and O–H groups in total. The molecular weight excluding hydrogens is 257 g/mol. The van der Waals surface area contributed by atoms with Gasteiger partial charge >= 0.3 is 0 Å². The summed E-state index contributed by atoms with van der Waals surface area (Å²) in [7, 11) is 1.88. The van der Waals surface area contributed by atoms with Crippen LogP contribution in [0.2, 0.25) is 10.0 Å². The molecule has 2 aromatic rings. The first-order valence-corrected chi connectivity index (χ1v) is 6.03. The first-order chi connectivity index (χ1) is 8.06. The van der Waals surface area contributed by atoms with E-state index in [2.05, 4.69) is 10.4 Å². The molecule has 1 aromatic carbocycles. The first kappa shape index (κ1) is 12.3. The van der Waals surface area contributed by atoms with Gasteiger partial charge in [-0.15, -0.1) is 0 Å². The van der Waals surface area contributed by atoms with Crippen LogP contribution in [0.3, 0.4) is 0 Å². The maximum absolute atomic E-state index is 6.14. The molecule has 0 radical (unpaired) electrons. The highest BCUT2D eigenvalue weighted by Crippen LogP contribution is 2.28. The van der Waals surface area contributed by atoms with Crippen molar-refractivity contribution in [3.05, 3.63) is 46.1 Å². The maximum atomic E-state index is 6.14. The second-order valence-corrected chi connectivity index (χ2v) is 4.75. The third-order valence-electron chi connectivity index (χ3n) is 2.50. The van der Waals surface area contributed by atoms with Crippen molar-refractivity contribution in [2.75, 3.05) is 5.32 Å². The number of hydrogen-bond acceptors (Lipinski definition) is 2. The molecule has 0 bridgehead atoms. The van der Waals surface area contributed by atoms with Gasteiger partial charge in [-0.3, -0.25) is 4.68 Å². The molecule has 0 saturated heterocycles. The zero-order valence-corrected chi connectivity index (χ0v) is 11.1. The van der Waals surface area contributed by atoms with Crippen LogP contribution in [0.4, 0.5) is 5.82 Å². The normalized spacial score (nSPS) is 12.5. The fourth-order valence-corrected chi connectivity index (χ4v) is 2.10. The van der Waals surface area contributed by atoms with Gasteiger partial charge in [-0.1, -0.05) is 23.2 Å². The summed E-state index contributed by atoms with van der Waals surface area (Å²) in [6.07, 6.45) is 1.88. The molecule has 1 heterocycles. The summed E-state index contributed by atoms with van der Waals surface area (Å²) in [5.41, 5.74) is 0.963. The highest BCUT2D eigenvalue weighted by atomic mass is 35.5. The summed E-state index contributed by atoms with van der Waals surface area (Å²) in [5.74, 6) is 0.816. The number of rotatable bonds is 3. The summed E-state index contributed by atoms with van der Waals surface area (Å²) in [6, 6.07) is 7.41. The van der Waals surface area contributed by atoms with Gasteiger partial charge < -0.3 is 5.32 Å². The molecule has 1 atom stereocenters. The minimum atomic E-state index is 0.0519. The molecule has 5 heteroatoms. The molecule has 0 spiro atoms. The topological polar surface area (TPSA) is 29.9 Å². The van der Waals surface area contributed by atoms with Gasteiger partial charge in [0.2, 0.25) is 0 Å². The average Bonchev–Trinajstić information content (AvgIpc) is 2.67. The smallest absolute Gasteiger partial charge is 0.148 e. The predicted octanol–water partition coefficient (Wildman–Crippen LogP) is 3.90. The zero-order chi connectivity index (χ0) is 12.4. The van der Waals surface area contributed by atoms with Crippen molar-refractivity contribution in [1.82, 2.24) is 9.78 Å². The Morgan fingerprint density at radius 2 is 2.06 bits per heavy atom. The van der Waals surface area contributed by atoms with E-state index in [1.807, 2.05) is 32.3 Å². The number of hydrogen-bond donors (Lipinski definition) is 1. The van der Waals surface area contributed by atoms with Crippen LogP contribution in [-0.4, -0.2) is 9.78 Å². The summed E-state index contributed by atoms with van der Waals surface area (Å²) in [5, 5.41) is 8.91. The van der Waals surface area contributed by atoms with Crippen LogP contribution in [0.1, 0.15) is 18.5 Å². The largest absolute Gasteiger partial charge is 0.362 e. The van der Waals surface area contributed by atoms with Gasteiger partial charge in [0, 0.05) is 29.4 Å². The number of halogens is 2. The summed E-state index contributed by atoms with van der Waals surface area (Å²) < 4.78 is 1.74. The van der Waals surface area contributed by atoms with Gasteiger partial charge in [-0.25, -0.2) is 0 Å². The molecule has 17 heavy (non-hydrogen) atoms. The molecule has 0 aliphatic rings. The van der Waals surface area contributed by atoms with E-state index in [0.717, 1.165) is 11.4 Å². The van der Waals surface area contributed by atoms with Crippen LogP contribution in [0.25, 0.3) is 0 Å². The van der Waals surface area contributed by atoms with E-state index in [-0.39, 0.29) is 6.04 Å². The fraction of sp³-hybridized carbons (Fsp3) is 0.250. The second kappa shape index (κ2) is 4.98. The summed E-state index contributed by atoms with van der Waals surface area (Å²) in [4.78, 5) is 0. The predicted molar refractivity (Wildman–Crippen MR) is 71.7 cm³/mol. The third kappa shape index (κ3) is 2.93. The molecule has 90 valence electrons. The lowest BCUT2D eigenvalue weighted by atomic mass is 10.1. The van der Waals surface area contributed by atoms with Crippen LogP contribution < -0.4 is 5.32 Å². The zero-order valence-electron chi connectivity index (χ0n) is 9.61. The van der Waals surface area contributed by atoms with Crippen molar-refractivity contribution < 1.29 is 0 Å². The summed E-state index contributed by atoms with van der Waals surface area (Å²) >= 11 is 12.1. The Hall–Kier alpha value is -1.19. The Labute approximate surface area is 110 Å². The van der Waals surface area contributed by atoms with E-state index in [1.165, 1.54) is 0 Å². The Morgan fingerprint density at radius 1 is 1.29 bits per heavy atom. The molecule has 0 saturated carbocycles. The van der Waals surface area contributed by atoms with Crippen molar-refractivity contribution in [1.29, 1.82) is 0 Å². The Bertz CT molecular complexity index is 522. The number of benzene rings is 1. The van der Waals surface area contributed by atoms with Gasteiger partial charge in [0.05, 0.1) is 6.04 Å². The Balaban J connectivity index is 2.19. The van der Waals surface area contributed by atoms with Crippen LogP contribution in [0.15, 0.2) is 30.5 Å². The number of anilines is 1. The van der Waals surface area contributed by atoms with E-state index in [1.54, 1.807) is 16.8 Å². The van der Waals surface area contributed by atoms with Gasteiger partial charge in [-0.2, -0.15) is 5.10 Å². The van der Waals surface area contributed by atoms with E-state index < -0.39 is 0 Å². The lowest BCUT2D eigenvalue weighted by Gasteiger charge is -2.15. The van der Waals surface area contributed by atoms with Crippen molar-refractivity contribution in [2.45, 2.75) is 13.0 Å². The van der Waals surface area contributed by atoms with E-state index in [4.69, 9.17) is 23.2 Å². The number of aromatic nitrogens is 2. The standard InChI is InChI=1S/C12H13Cl2N3/c1-8(15-12-5-6-17(2)16-12)10-7-9(13)3-4-11(10)14/h3-8H,1-2H3,(H,15,16). The molecule has 1 unspecified atom stereocenters. The van der Waals surface area contributed by atoms with Gasteiger partial charge in [0.25, 0.3) is 0 Å². The summed E-state index contributed by atoms with van der Waals surface area (Å²) in [6.45, 7) is 2.02. The highest BCUT2D eigenvalue weighted by molar-refractivity contribution is 6.33. The Morgan fingerprint density at radius 3 is 2.71 bits per heavy atom. The van der Waals surface area contributed by atoms with E-state index in [0.29, 0.717) is 10.0 Å². The van der Waals surface area contributed by atoms with Crippen molar-refractivity contribution in [3.63, 3.8) is 0 Å². The average molecular weight is 270 g/mol. The maximum Gasteiger partial charge on any atom is 0.148 e. The molecule has 0 fully saturated rings. The van der Waals surface area contributed by atoms with Gasteiger partial charge in [0.1, 0.15) is 5.82 Å². The van der Waals surface area contributed by atoms with Crippen LogP contribution in [0.5, 0.6) is 0 Å². The second-order valence-electron chi connectivity index (χ2n) is 3.91. The van der Waals surface area contributed by atoms with Crippen LogP contribution in [0, 0.1) is 0 Å². The molecule has 0 aliphatic heterocycles. The molecule has 3 nitrogen and oxygen atoms in total. The lowest BCUT2D eigenvalue weighted by Crippen LogP contribution is -2.08. The SMILES string of the molecule is CC(Nc1ccn(C)n1)c1cc(Cl)ccc1Cl. The van der Waals surface area contributed by atoms with Gasteiger partial charge in [0.15, 0.2) is 0 Å². The fourth-order valence-electron chi connectivity index (χ4n) is 1.64. The van der Waals surface area contributed by atoms with Crippen molar-refractivity contribution >= 4 is 29.0 Å². The first-order valence-electron chi connectivity index (χ1n) is 5.27. The minimum Gasteiger partial charge on any atom is -0.362 e. The lowest BCUT2D eigenvalue weighted by molar-refractivity contribution is 0.760. The molecular formula is C12H13Cl2N3. The van der Waals surface area contributed by atoms with Crippen molar-refractivity contribution in [3.8, 4) is 0 Å². The van der Waals surface area contributed by atoms with Crippen LogP contribution >= 0.6 is 23.2 Å². The third-order valence-corrected chi connectivity index (χ3v) is 3.08. The monoisotopic (exact) mass is 269 g/mol. The van der Waals surface area contributed by atoms with E-state index in [9.17, 15) is 0 Å². The van der Waals surface area contributed by atoms with Gasteiger partial charge in [-0.05, 0) is 30.7 Å². The number of aryl methyl sites for hydroxylation is 1. The van der Waals surface area contributed by atoms with Crippen LogP contribution in [-0.2, 0) is 7.05 Å². The van der Waals surface area contributed by atoms with E-state index >= 15 is 0 Å². The quantitative estimate of drug-likeness (QED) is 0.916. The highest BCUT2D eigenvalue weighted by Gasteiger charge is 2.11. The van der Waals surface area contributed by atoms with Crippen molar-refractivity contribution in [2.24, 2.45) is 7.05 Å².